The lowest BCUT2D eigenvalue weighted by Crippen LogP contribution is -3.10. The number of aromatic nitrogens is 2. The van der Waals surface area contributed by atoms with Crippen LogP contribution < -0.4 is 15.8 Å². The Morgan fingerprint density at radius 2 is 1.93 bits per heavy atom. The van der Waals surface area contributed by atoms with Crippen molar-refractivity contribution in [1.29, 1.82) is 0 Å². The fourth-order valence-corrected chi connectivity index (χ4v) is 4.32. The van der Waals surface area contributed by atoms with Crippen LogP contribution in [0.3, 0.4) is 0 Å². The summed E-state index contributed by atoms with van der Waals surface area (Å²) in [5.74, 6) is -0.00314. The largest absolute Gasteiger partial charge is 0.327 e. The highest BCUT2D eigenvalue weighted by atomic mass is 35.5. The van der Waals surface area contributed by atoms with Crippen molar-refractivity contribution in [2.24, 2.45) is 0 Å². The van der Waals surface area contributed by atoms with Crippen LogP contribution in [-0.4, -0.2) is 28.2 Å². The van der Waals surface area contributed by atoms with Gasteiger partial charge in [-0.25, -0.2) is 4.98 Å². The average molecular weight is 442 g/mol. The van der Waals surface area contributed by atoms with E-state index in [1.54, 1.807) is 24.3 Å². The number of benzene rings is 2. The molecule has 30 heavy (non-hydrogen) atoms. The van der Waals surface area contributed by atoms with Crippen molar-refractivity contribution in [3.8, 4) is 0 Å². The Kier molecular flexibility index (Phi) is 6.52. The van der Waals surface area contributed by atoms with Crippen molar-refractivity contribution in [3.63, 3.8) is 0 Å². The second-order valence-electron chi connectivity index (χ2n) is 7.23. The van der Waals surface area contributed by atoms with Crippen molar-refractivity contribution in [2.45, 2.75) is 24.7 Å². The number of nitrogens with zero attached hydrogens (tertiary/aromatic N) is 1. The number of rotatable bonds is 6. The summed E-state index contributed by atoms with van der Waals surface area (Å²) in [6.45, 7) is 2.48. The van der Waals surface area contributed by atoms with E-state index in [2.05, 4.69) is 27.4 Å². The molecule has 1 atom stereocenters. The van der Waals surface area contributed by atoms with Gasteiger partial charge < -0.3 is 15.2 Å². The van der Waals surface area contributed by atoms with E-state index in [0.29, 0.717) is 22.4 Å². The molecule has 2 heterocycles. The van der Waals surface area contributed by atoms with E-state index in [4.69, 9.17) is 11.6 Å². The summed E-state index contributed by atoms with van der Waals surface area (Å²) < 4.78 is 0. The summed E-state index contributed by atoms with van der Waals surface area (Å²) in [6.07, 6.45) is 0.756. The third kappa shape index (κ3) is 5.30. The zero-order valence-corrected chi connectivity index (χ0v) is 17.9. The van der Waals surface area contributed by atoms with Crippen LogP contribution in [0.15, 0.2) is 64.5 Å². The van der Waals surface area contributed by atoms with Gasteiger partial charge in [-0.2, -0.15) is 0 Å². The minimum Gasteiger partial charge on any atom is -0.327 e. The van der Waals surface area contributed by atoms with E-state index < -0.39 is 0 Å². The Morgan fingerprint density at radius 3 is 2.70 bits per heavy atom. The predicted octanol–water partition coefficient (Wildman–Crippen LogP) is 2.30. The first-order valence-corrected chi connectivity index (χ1v) is 11.1. The molecular weight excluding hydrogens is 420 g/mol. The SMILES string of the molecule is O=C(CSc1nc2c(c(=O)[nH]1)C[NH+](Cc1ccccc1)CC2)Nc1ccc(Cl)cc1. The quantitative estimate of drug-likeness (QED) is 0.405. The number of hydrogen-bond donors (Lipinski definition) is 3. The molecule has 0 spiro atoms. The summed E-state index contributed by atoms with van der Waals surface area (Å²) >= 11 is 7.08. The first-order valence-electron chi connectivity index (χ1n) is 9.74. The molecule has 0 bridgehead atoms. The summed E-state index contributed by atoms with van der Waals surface area (Å²) in [6, 6.07) is 17.2. The normalized spacial score (nSPS) is 15.4. The monoisotopic (exact) mass is 441 g/mol. The number of hydrogen-bond acceptors (Lipinski definition) is 4. The molecule has 154 valence electrons. The van der Waals surface area contributed by atoms with Gasteiger partial charge in [-0.15, -0.1) is 0 Å². The van der Waals surface area contributed by atoms with Gasteiger partial charge in [0.1, 0.15) is 13.1 Å². The van der Waals surface area contributed by atoms with Gasteiger partial charge in [0.2, 0.25) is 5.91 Å². The number of aromatic amines is 1. The molecule has 0 radical (unpaired) electrons. The van der Waals surface area contributed by atoms with Gasteiger partial charge in [0.15, 0.2) is 5.16 Å². The van der Waals surface area contributed by atoms with Crippen LogP contribution >= 0.6 is 23.4 Å². The molecule has 0 aliphatic carbocycles. The number of carbonyl (C=O) groups is 1. The molecule has 3 N–H and O–H groups in total. The zero-order chi connectivity index (χ0) is 20.9. The van der Waals surface area contributed by atoms with E-state index in [9.17, 15) is 9.59 Å². The first kappa shape index (κ1) is 20.7. The molecule has 0 saturated heterocycles. The van der Waals surface area contributed by atoms with E-state index in [1.807, 2.05) is 18.2 Å². The molecule has 0 fully saturated rings. The summed E-state index contributed by atoms with van der Waals surface area (Å²) in [5.41, 5.74) is 3.43. The van der Waals surface area contributed by atoms with Crippen molar-refractivity contribution in [2.75, 3.05) is 17.6 Å². The zero-order valence-electron chi connectivity index (χ0n) is 16.3. The van der Waals surface area contributed by atoms with Gasteiger partial charge in [-0.1, -0.05) is 53.7 Å². The molecule has 1 unspecified atom stereocenters. The number of anilines is 1. The van der Waals surface area contributed by atoms with Crippen molar-refractivity contribution < 1.29 is 9.69 Å². The summed E-state index contributed by atoms with van der Waals surface area (Å²) in [7, 11) is 0. The first-order chi connectivity index (χ1) is 14.6. The molecule has 3 aromatic rings. The number of H-pyrrole nitrogens is 1. The third-order valence-electron chi connectivity index (χ3n) is 4.99. The lowest BCUT2D eigenvalue weighted by Gasteiger charge is -2.25. The van der Waals surface area contributed by atoms with Gasteiger partial charge in [0.25, 0.3) is 5.56 Å². The standard InChI is InChI=1S/C22H21ClN4O2S/c23-16-6-8-17(9-7-16)24-20(28)14-30-22-25-19-10-11-27(13-18(19)21(29)26-22)12-15-4-2-1-3-5-15/h1-9H,10-14H2,(H,24,28)(H,25,26,29)/p+1. The highest BCUT2D eigenvalue weighted by Gasteiger charge is 2.24. The number of halogens is 1. The maximum Gasteiger partial charge on any atom is 0.260 e. The van der Waals surface area contributed by atoms with Crippen molar-refractivity contribution in [3.05, 3.63) is 86.8 Å². The molecule has 4 rings (SSSR count). The van der Waals surface area contributed by atoms with Crippen molar-refractivity contribution >= 4 is 35.0 Å². The molecule has 2 aromatic carbocycles. The minimum absolute atomic E-state index is 0.106. The smallest absolute Gasteiger partial charge is 0.260 e. The van der Waals surface area contributed by atoms with Crippen LogP contribution in [-0.2, 0) is 24.3 Å². The lowest BCUT2D eigenvalue weighted by molar-refractivity contribution is -0.929. The van der Waals surface area contributed by atoms with E-state index in [1.165, 1.54) is 22.2 Å². The molecule has 1 aliphatic heterocycles. The summed E-state index contributed by atoms with van der Waals surface area (Å²) in [4.78, 5) is 33.6. The fraction of sp³-hybridized carbons (Fsp3) is 0.227. The number of quaternary nitrogens is 1. The predicted molar refractivity (Wildman–Crippen MR) is 119 cm³/mol. The Bertz CT molecular complexity index is 1090. The lowest BCUT2D eigenvalue weighted by atomic mass is 10.1. The second kappa shape index (κ2) is 9.47. The molecule has 1 aliphatic rings. The molecule has 0 saturated carbocycles. The fourth-order valence-electron chi connectivity index (χ4n) is 3.51. The maximum absolute atomic E-state index is 12.6. The number of amides is 1. The van der Waals surface area contributed by atoms with Gasteiger partial charge in [0, 0.05) is 22.7 Å². The van der Waals surface area contributed by atoms with Crippen LogP contribution in [0.4, 0.5) is 5.69 Å². The third-order valence-corrected chi connectivity index (χ3v) is 6.11. The molecule has 1 aromatic heterocycles. The van der Waals surface area contributed by atoms with Gasteiger partial charge in [0.05, 0.1) is 23.6 Å². The van der Waals surface area contributed by atoms with Crippen molar-refractivity contribution in [1.82, 2.24) is 9.97 Å². The number of carbonyl (C=O) groups excluding carboxylic acids is 1. The van der Waals surface area contributed by atoms with Crippen LogP contribution in [0.5, 0.6) is 0 Å². The summed E-state index contributed by atoms with van der Waals surface area (Å²) in [5, 5.41) is 3.90. The van der Waals surface area contributed by atoms with Crippen LogP contribution in [0.1, 0.15) is 16.8 Å². The maximum atomic E-state index is 12.6. The van der Waals surface area contributed by atoms with Gasteiger partial charge in [-0.3, -0.25) is 9.59 Å². The highest BCUT2D eigenvalue weighted by Crippen LogP contribution is 2.17. The molecule has 6 nitrogen and oxygen atoms in total. The average Bonchev–Trinajstić information content (AvgIpc) is 2.75. The topological polar surface area (TPSA) is 79.3 Å². The van der Waals surface area contributed by atoms with Gasteiger partial charge >= 0.3 is 0 Å². The minimum atomic E-state index is -0.166. The molecule has 1 amide bonds. The second-order valence-corrected chi connectivity index (χ2v) is 8.63. The van der Waals surface area contributed by atoms with E-state index >= 15 is 0 Å². The molecule has 8 heteroatoms. The van der Waals surface area contributed by atoms with Crippen LogP contribution in [0.25, 0.3) is 0 Å². The Hall–Kier alpha value is -2.61. The van der Waals surface area contributed by atoms with E-state index in [0.717, 1.165) is 30.8 Å². The van der Waals surface area contributed by atoms with Crippen LogP contribution in [0, 0.1) is 0 Å². The number of fused-ring (bicyclic) bond motifs is 1. The Balaban J connectivity index is 1.36. The Morgan fingerprint density at radius 1 is 1.17 bits per heavy atom. The van der Waals surface area contributed by atoms with Gasteiger partial charge in [-0.05, 0) is 24.3 Å². The number of nitrogens with one attached hydrogen (secondary N) is 3. The highest BCUT2D eigenvalue weighted by molar-refractivity contribution is 7.99. The van der Waals surface area contributed by atoms with E-state index in [-0.39, 0.29) is 17.2 Å². The Labute approximate surface area is 183 Å². The van der Waals surface area contributed by atoms with Crippen LogP contribution in [0.2, 0.25) is 5.02 Å². The molecular formula is C22H22ClN4O2S+. The number of thioether (sulfide) groups is 1.